The molecule has 3 aromatic rings. The van der Waals surface area contributed by atoms with E-state index >= 15 is 0 Å². The molecule has 1 aliphatic heterocycles. The number of methoxy groups -OCH3 is 1. The fourth-order valence-electron chi connectivity index (χ4n) is 3.41. The van der Waals surface area contributed by atoms with Gasteiger partial charge in [0, 0.05) is 19.3 Å². The Balaban J connectivity index is 1.58. The number of esters is 1. The molecule has 4 rings (SSSR count). The number of alkyl halides is 4. The van der Waals surface area contributed by atoms with Crippen molar-refractivity contribution >= 4 is 40.2 Å². The van der Waals surface area contributed by atoms with Crippen molar-refractivity contribution in [1.29, 1.82) is 0 Å². The van der Waals surface area contributed by atoms with Crippen molar-refractivity contribution in [3.05, 3.63) is 47.7 Å². The molecule has 7 nitrogen and oxygen atoms in total. The fraction of sp³-hybridized carbons (Fsp3) is 0.316. The molecule has 11 heteroatoms. The standard InChI is InChI=1S/C19H16ClF3N4O3/c1-29-18(28)11-5-6-15(24-9-11)26-7-8-27(14(20)10-26)17-16-12(19(21,22)23)3-2-4-13(16)30-25-17/h2-6,9,14H,7-8,10H2,1H3. The van der Waals surface area contributed by atoms with Crippen LogP contribution in [0.3, 0.4) is 0 Å². The average Bonchev–Trinajstić information content (AvgIpc) is 3.16. The third-order valence-corrected chi connectivity index (χ3v) is 5.24. The number of ether oxygens (including phenoxy) is 1. The summed E-state index contributed by atoms with van der Waals surface area (Å²) in [4.78, 5) is 19.3. The van der Waals surface area contributed by atoms with E-state index in [2.05, 4.69) is 14.9 Å². The van der Waals surface area contributed by atoms with E-state index in [4.69, 9.17) is 16.1 Å². The lowest BCUT2D eigenvalue weighted by Gasteiger charge is -2.39. The van der Waals surface area contributed by atoms with Crippen molar-refractivity contribution in [3.63, 3.8) is 0 Å². The molecule has 1 unspecified atom stereocenters. The van der Waals surface area contributed by atoms with Gasteiger partial charge in [-0.05, 0) is 24.3 Å². The highest BCUT2D eigenvalue weighted by atomic mass is 35.5. The van der Waals surface area contributed by atoms with E-state index in [9.17, 15) is 18.0 Å². The average molecular weight is 441 g/mol. The molecule has 30 heavy (non-hydrogen) atoms. The Kier molecular flexibility index (Phi) is 5.19. The molecule has 1 atom stereocenters. The summed E-state index contributed by atoms with van der Waals surface area (Å²) in [5, 5.41) is 3.76. The van der Waals surface area contributed by atoms with Gasteiger partial charge < -0.3 is 19.1 Å². The second kappa shape index (κ2) is 7.67. The second-order valence-corrected chi connectivity index (χ2v) is 7.16. The zero-order chi connectivity index (χ0) is 21.5. The van der Waals surface area contributed by atoms with Gasteiger partial charge in [0.2, 0.25) is 0 Å². The molecule has 0 radical (unpaired) electrons. The van der Waals surface area contributed by atoms with Gasteiger partial charge in [-0.15, -0.1) is 0 Å². The molecular formula is C19H16ClF3N4O3. The first kappa shape index (κ1) is 20.3. The van der Waals surface area contributed by atoms with Crippen LogP contribution in [-0.4, -0.2) is 48.4 Å². The van der Waals surface area contributed by atoms with E-state index in [1.54, 1.807) is 17.0 Å². The van der Waals surface area contributed by atoms with E-state index < -0.39 is 23.2 Å². The molecule has 0 N–H and O–H groups in total. The van der Waals surface area contributed by atoms with Gasteiger partial charge in [-0.2, -0.15) is 13.2 Å². The zero-order valence-electron chi connectivity index (χ0n) is 15.7. The Labute approximate surface area is 173 Å². The second-order valence-electron chi connectivity index (χ2n) is 6.65. The van der Waals surface area contributed by atoms with Gasteiger partial charge in [-0.3, -0.25) is 0 Å². The highest BCUT2D eigenvalue weighted by Crippen LogP contribution is 2.40. The van der Waals surface area contributed by atoms with Crippen LogP contribution in [0.25, 0.3) is 11.0 Å². The first-order valence-electron chi connectivity index (χ1n) is 8.95. The third-order valence-electron chi connectivity index (χ3n) is 4.87. The van der Waals surface area contributed by atoms with Crippen molar-refractivity contribution in [2.75, 3.05) is 36.5 Å². The Bertz CT molecular complexity index is 1070. The van der Waals surface area contributed by atoms with Crippen molar-refractivity contribution in [3.8, 4) is 0 Å². The van der Waals surface area contributed by atoms with Crippen LogP contribution in [-0.2, 0) is 10.9 Å². The normalized spacial score (nSPS) is 17.4. The number of benzene rings is 1. The molecule has 1 aromatic carbocycles. The van der Waals surface area contributed by atoms with E-state index in [-0.39, 0.29) is 23.3 Å². The maximum absolute atomic E-state index is 13.5. The number of piperazine rings is 1. The van der Waals surface area contributed by atoms with Gasteiger partial charge in [-0.1, -0.05) is 22.8 Å². The first-order chi connectivity index (χ1) is 14.3. The minimum absolute atomic E-state index is 0.0474. The smallest absolute Gasteiger partial charge is 0.417 e. The van der Waals surface area contributed by atoms with E-state index in [0.717, 1.165) is 6.07 Å². The summed E-state index contributed by atoms with van der Waals surface area (Å²) in [5.74, 6) is 0.160. The highest BCUT2D eigenvalue weighted by Gasteiger charge is 2.37. The van der Waals surface area contributed by atoms with Crippen LogP contribution in [0.1, 0.15) is 15.9 Å². The molecular weight excluding hydrogens is 425 g/mol. The summed E-state index contributed by atoms with van der Waals surface area (Å²) in [5.41, 5.74) is -1.12. The number of anilines is 2. The van der Waals surface area contributed by atoms with Gasteiger partial charge >= 0.3 is 12.1 Å². The Morgan fingerprint density at radius 1 is 1.27 bits per heavy atom. The molecule has 1 aliphatic rings. The van der Waals surface area contributed by atoms with Crippen LogP contribution in [0, 0.1) is 0 Å². The fourth-order valence-corrected chi connectivity index (χ4v) is 3.76. The number of rotatable bonds is 3. The van der Waals surface area contributed by atoms with Crippen LogP contribution < -0.4 is 9.80 Å². The number of fused-ring (bicyclic) bond motifs is 1. The maximum Gasteiger partial charge on any atom is 0.417 e. The molecule has 158 valence electrons. The van der Waals surface area contributed by atoms with E-state index in [1.807, 2.05) is 4.90 Å². The quantitative estimate of drug-likeness (QED) is 0.347. The Morgan fingerprint density at radius 3 is 2.70 bits per heavy atom. The van der Waals surface area contributed by atoms with Crippen molar-refractivity contribution in [1.82, 2.24) is 10.1 Å². The zero-order valence-corrected chi connectivity index (χ0v) is 16.4. The van der Waals surface area contributed by atoms with Gasteiger partial charge in [0.25, 0.3) is 0 Å². The molecule has 3 heterocycles. The SMILES string of the molecule is COC(=O)c1ccc(N2CCN(c3noc4cccc(C(F)(F)F)c34)C(Cl)C2)nc1. The number of pyridine rings is 1. The number of nitrogens with zero attached hydrogens (tertiary/aromatic N) is 4. The van der Waals surface area contributed by atoms with Crippen LogP contribution in [0.2, 0.25) is 0 Å². The van der Waals surface area contributed by atoms with Crippen LogP contribution in [0.5, 0.6) is 0 Å². The molecule has 1 saturated heterocycles. The van der Waals surface area contributed by atoms with Crippen molar-refractivity contribution in [2.45, 2.75) is 11.7 Å². The molecule has 2 aromatic heterocycles. The molecule has 0 bridgehead atoms. The summed E-state index contributed by atoms with van der Waals surface area (Å²) in [6, 6.07) is 6.96. The summed E-state index contributed by atoms with van der Waals surface area (Å²) in [6.07, 6.45) is -3.15. The summed E-state index contributed by atoms with van der Waals surface area (Å²) >= 11 is 6.51. The summed E-state index contributed by atoms with van der Waals surface area (Å²) in [6.45, 7) is 1.04. The molecule has 0 spiro atoms. The monoisotopic (exact) mass is 440 g/mol. The number of carbonyl (C=O) groups excluding carboxylic acids is 1. The number of halogens is 4. The van der Waals surface area contributed by atoms with Crippen LogP contribution >= 0.6 is 11.6 Å². The van der Waals surface area contributed by atoms with Gasteiger partial charge in [0.1, 0.15) is 11.3 Å². The summed E-state index contributed by atoms with van der Waals surface area (Å²) < 4.78 is 50.2. The summed E-state index contributed by atoms with van der Waals surface area (Å²) in [7, 11) is 1.28. The lowest BCUT2D eigenvalue weighted by atomic mass is 10.1. The van der Waals surface area contributed by atoms with E-state index in [1.165, 1.54) is 25.4 Å². The van der Waals surface area contributed by atoms with Crippen molar-refractivity contribution in [2.24, 2.45) is 0 Å². The van der Waals surface area contributed by atoms with Crippen LogP contribution in [0.4, 0.5) is 24.8 Å². The van der Waals surface area contributed by atoms with Crippen molar-refractivity contribution < 1.29 is 27.2 Å². The van der Waals surface area contributed by atoms with Gasteiger partial charge in [0.15, 0.2) is 11.4 Å². The minimum Gasteiger partial charge on any atom is -0.465 e. The Morgan fingerprint density at radius 2 is 2.07 bits per heavy atom. The molecule has 0 aliphatic carbocycles. The molecule has 0 amide bonds. The third kappa shape index (κ3) is 3.62. The predicted molar refractivity (Wildman–Crippen MR) is 104 cm³/mol. The topological polar surface area (TPSA) is 71.7 Å². The van der Waals surface area contributed by atoms with Gasteiger partial charge in [0.05, 0.1) is 30.2 Å². The van der Waals surface area contributed by atoms with E-state index in [0.29, 0.717) is 24.5 Å². The minimum atomic E-state index is -4.55. The number of carbonyl (C=O) groups is 1. The largest absolute Gasteiger partial charge is 0.465 e. The number of hydrogen-bond acceptors (Lipinski definition) is 7. The predicted octanol–water partition coefficient (Wildman–Crippen LogP) is 3.92. The van der Waals surface area contributed by atoms with Crippen LogP contribution in [0.15, 0.2) is 41.1 Å². The lowest BCUT2D eigenvalue weighted by molar-refractivity contribution is -0.136. The van der Waals surface area contributed by atoms with Gasteiger partial charge in [-0.25, -0.2) is 9.78 Å². The lowest BCUT2D eigenvalue weighted by Crippen LogP contribution is -2.51. The molecule has 1 fully saturated rings. The first-order valence-corrected chi connectivity index (χ1v) is 9.39. The molecule has 0 saturated carbocycles. The highest BCUT2D eigenvalue weighted by molar-refractivity contribution is 6.22. The number of hydrogen-bond donors (Lipinski definition) is 0. The Hall–Kier alpha value is -3.01. The number of aromatic nitrogens is 2. The maximum atomic E-state index is 13.5.